The first-order chi connectivity index (χ1) is 17.5. The van der Waals surface area contributed by atoms with Gasteiger partial charge >= 0.3 is 0 Å². The first-order valence-corrected chi connectivity index (χ1v) is 13.5. The third-order valence-corrected chi connectivity index (χ3v) is 7.44. The lowest BCUT2D eigenvalue weighted by atomic mass is 9.87. The summed E-state index contributed by atoms with van der Waals surface area (Å²) in [6, 6.07) is 16.1. The summed E-state index contributed by atoms with van der Waals surface area (Å²) in [7, 11) is -3.77. The Morgan fingerprint density at radius 3 is 2.35 bits per heavy atom. The highest BCUT2D eigenvalue weighted by molar-refractivity contribution is 7.89. The van der Waals surface area contributed by atoms with E-state index in [0.717, 1.165) is 0 Å². The zero-order valence-electron chi connectivity index (χ0n) is 21.4. The number of hydrogen-bond donors (Lipinski definition) is 2. The van der Waals surface area contributed by atoms with Gasteiger partial charge in [0, 0.05) is 17.3 Å². The highest BCUT2D eigenvalue weighted by atomic mass is 32.2. The van der Waals surface area contributed by atoms with Gasteiger partial charge < -0.3 is 9.52 Å². The van der Waals surface area contributed by atoms with Crippen LogP contribution in [0.2, 0.25) is 0 Å². The number of para-hydroxylation sites is 1. The van der Waals surface area contributed by atoms with Crippen LogP contribution < -0.4 is 9.62 Å². The van der Waals surface area contributed by atoms with Crippen molar-refractivity contribution in [1.29, 1.82) is 0 Å². The van der Waals surface area contributed by atoms with E-state index in [-0.39, 0.29) is 22.9 Å². The van der Waals surface area contributed by atoms with Crippen LogP contribution in [0.5, 0.6) is 0 Å². The Labute approximate surface area is 216 Å². The molecule has 3 heterocycles. The largest absolute Gasteiger partial charge is 0.420 e. The Bertz CT molecular complexity index is 1510. The number of amides is 1. The highest BCUT2D eigenvalue weighted by Gasteiger charge is 2.51. The molecule has 0 saturated carbocycles. The fraction of sp³-hybridized carbons (Fsp3) is 0.296. The molecular formula is C27H30N4O5S. The van der Waals surface area contributed by atoms with Crippen LogP contribution >= 0.6 is 0 Å². The summed E-state index contributed by atoms with van der Waals surface area (Å²) >= 11 is 0. The smallest absolute Gasteiger partial charge is 0.268 e. The molecule has 0 aliphatic carbocycles. The molecule has 1 amide bonds. The van der Waals surface area contributed by atoms with E-state index in [1.807, 2.05) is 13.8 Å². The van der Waals surface area contributed by atoms with E-state index >= 15 is 0 Å². The normalized spacial score (nSPS) is 17.5. The lowest BCUT2D eigenvalue weighted by Crippen LogP contribution is -2.41. The van der Waals surface area contributed by atoms with E-state index < -0.39 is 27.1 Å². The molecule has 1 aliphatic rings. The zero-order chi connectivity index (χ0) is 27.0. The average molecular weight is 523 g/mol. The molecule has 0 radical (unpaired) electrons. The second-order valence-corrected chi connectivity index (χ2v) is 11.1. The van der Waals surface area contributed by atoms with Crippen molar-refractivity contribution in [3.05, 3.63) is 83.9 Å². The van der Waals surface area contributed by atoms with Crippen molar-refractivity contribution in [2.24, 2.45) is 0 Å². The van der Waals surface area contributed by atoms with Crippen LogP contribution in [0, 0.1) is 0 Å². The van der Waals surface area contributed by atoms with Crippen LogP contribution in [0.15, 0.2) is 76.2 Å². The Hall–Kier alpha value is -3.60. The van der Waals surface area contributed by atoms with E-state index in [4.69, 9.17) is 4.42 Å². The van der Waals surface area contributed by atoms with Crippen molar-refractivity contribution in [1.82, 2.24) is 14.7 Å². The predicted octanol–water partition coefficient (Wildman–Crippen LogP) is 4.11. The summed E-state index contributed by atoms with van der Waals surface area (Å²) in [5.41, 5.74) is -0.565. The van der Waals surface area contributed by atoms with Crippen LogP contribution in [-0.4, -0.2) is 34.9 Å². The van der Waals surface area contributed by atoms with Gasteiger partial charge in [-0.15, -0.1) is 0 Å². The van der Waals surface area contributed by atoms with Crippen molar-refractivity contribution in [2.75, 3.05) is 4.90 Å². The predicted molar refractivity (Wildman–Crippen MR) is 140 cm³/mol. The van der Waals surface area contributed by atoms with Gasteiger partial charge in [0.15, 0.2) is 5.60 Å². The second kappa shape index (κ2) is 9.70. The van der Waals surface area contributed by atoms with Crippen molar-refractivity contribution in [3.63, 3.8) is 0 Å². The van der Waals surface area contributed by atoms with Crippen LogP contribution in [0.25, 0.3) is 11.2 Å². The summed E-state index contributed by atoms with van der Waals surface area (Å²) in [5.74, 6) is -0.307. The number of nitrogens with zero attached hydrogens (tertiary/aromatic N) is 3. The number of rotatable bonds is 5. The Kier molecular flexibility index (Phi) is 6.93. The first-order valence-electron chi connectivity index (χ1n) is 12.0. The van der Waals surface area contributed by atoms with Gasteiger partial charge in [-0.1, -0.05) is 44.2 Å². The number of aliphatic hydroxyl groups is 1. The molecular weight excluding hydrogens is 492 g/mol. The Morgan fingerprint density at radius 2 is 1.70 bits per heavy atom. The maximum atomic E-state index is 13.6. The van der Waals surface area contributed by atoms with Gasteiger partial charge in [-0.25, -0.2) is 23.1 Å². The number of oxazole rings is 1. The fourth-order valence-electron chi connectivity index (χ4n) is 4.23. The first kappa shape index (κ1) is 26.5. The molecule has 194 valence electrons. The van der Waals surface area contributed by atoms with Gasteiger partial charge in [-0.2, -0.15) is 0 Å². The van der Waals surface area contributed by atoms with Gasteiger partial charge in [-0.3, -0.25) is 9.69 Å². The molecule has 1 unspecified atom stereocenters. The standard InChI is InChI=1S/C25H24N4O5S.C2H6/c1-24(2,3)28-35(32,33)17-12-10-16(11-13-17)25(31)18-7-4-5-9-20(18)29(23(25)30)15-21-27-19-8-6-14-26-22(19)34-21;1-2/h4-14,28,31H,15H2,1-3H3;1-2H3. The molecule has 4 aromatic rings. The molecule has 1 aliphatic heterocycles. The summed E-state index contributed by atoms with van der Waals surface area (Å²) in [6.45, 7) is 9.24. The number of fused-ring (bicyclic) bond motifs is 2. The molecule has 10 heteroatoms. The monoisotopic (exact) mass is 522 g/mol. The van der Waals surface area contributed by atoms with Crippen LogP contribution in [0.1, 0.15) is 51.6 Å². The highest BCUT2D eigenvalue weighted by Crippen LogP contribution is 2.45. The molecule has 2 N–H and O–H groups in total. The molecule has 1 atom stereocenters. The van der Waals surface area contributed by atoms with Crippen molar-refractivity contribution in [2.45, 2.75) is 57.2 Å². The molecule has 0 saturated heterocycles. The number of sulfonamides is 1. The Balaban J connectivity index is 0.00000156. The number of hydrogen-bond acceptors (Lipinski definition) is 7. The van der Waals surface area contributed by atoms with Crippen molar-refractivity contribution < 1.29 is 22.7 Å². The second-order valence-electron chi connectivity index (χ2n) is 9.43. The van der Waals surface area contributed by atoms with E-state index in [9.17, 15) is 18.3 Å². The number of benzene rings is 2. The van der Waals surface area contributed by atoms with Gasteiger partial charge in [0.05, 0.1) is 10.6 Å². The van der Waals surface area contributed by atoms with Crippen molar-refractivity contribution in [3.8, 4) is 0 Å². The molecule has 2 aromatic carbocycles. The Morgan fingerprint density at radius 1 is 1.03 bits per heavy atom. The zero-order valence-corrected chi connectivity index (χ0v) is 22.2. The quantitative estimate of drug-likeness (QED) is 0.404. The van der Waals surface area contributed by atoms with Crippen LogP contribution in [0.4, 0.5) is 5.69 Å². The number of nitrogens with one attached hydrogen (secondary N) is 1. The maximum Gasteiger partial charge on any atom is 0.268 e. The van der Waals surface area contributed by atoms with Gasteiger partial charge in [0.25, 0.3) is 5.91 Å². The SMILES string of the molecule is CC.CC(C)(C)NS(=O)(=O)c1ccc(C2(O)C(=O)N(Cc3nc4cccnc4o3)c3ccccc32)cc1. The topological polar surface area (TPSA) is 126 Å². The fourth-order valence-corrected chi connectivity index (χ4v) is 5.64. The van der Waals surface area contributed by atoms with E-state index in [0.29, 0.717) is 22.5 Å². The van der Waals surface area contributed by atoms with E-state index in [2.05, 4.69) is 14.7 Å². The van der Waals surface area contributed by atoms with Crippen LogP contribution in [0.3, 0.4) is 0 Å². The lowest BCUT2D eigenvalue weighted by molar-refractivity contribution is -0.132. The molecule has 5 rings (SSSR count). The molecule has 2 aromatic heterocycles. The van der Waals surface area contributed by atoms with Gasteiger partial charge in [-0.05, 0) is 56.7 Å². The third-order valence-electron chi connectivity index (χ3n) is 5.67. The maximum absolute atomic E-state index is 13.6. The average Bonchev–Trinajstić information content (AvgIpc) is 3.37. The number of carbonyl (C=O) groups excluding carboxylic acids is 1. The molecule has 0 spiro atoms. The number of anilines is 1. The summed E-state index contributed by atoms with van der Waals surface area (Å²) in [4.78, 5) is 23.6. The minimum atomic E-state index is -3.77. The van der Waals surface area contributed by atoms with Crippen molar-refractivity contribution >= 4 is 32.8 Å². The molecule has 9 nitrogen and oxygen atoms in total. The van der Waals surface area contributed by atoms with E-state index in [1.54, 1.807) is 63.4 Å². The summed E-state index contributed by atoms with van der Waals surface area (Å²) < 4.78 is 33.6. The minimum Gasteiger partial charge on any atom is -0.420 e. The van der Waals surface area contributed by atoms with Crippen LogP contribution in [-0.2, 0) is 27.0 Å². The number of aromatic nitrogens is 2. The summed E-state index contributed by atoms with van der Waals surface area (Å²) in [6.07, 6.45) is 1.59. The molecule has 0 fully saturated rings. The number of pyridine rings is 1. The van der Waals surface area contributed by atoms with Gasteiger partial charge in [0.1, 0.15) is 12.1 Å². The minimum absolute atomic E-state index is 0.00349. The molecule has 37 heavy (non-hydrogen) atoms. The number of carbonyl (C=O) groups is 1. The van der Waals surface area contributed by atoms with Gasteiger partial charge in [0.2, 0.25) is 21.6 Å². The lowest BCUT2D eigenvalue weighted by Gasteiger charge is -2.24. The summed E-state index contributed by atoms with van der Waals surface area (Å²) in [5, 5.41) is 11.7. The van der Waals surface area contributed by atoms with E-state index in [1.165, 1.54) is 29.2 Å². The molecule has 0 bridgehead atoms. The third kappa shape index (κ3) is 4.87.